The van der Waals surface area contributed by atoms with Crippen molar-refractivity contribution in [2.75, 3.05) is 0 Å². The summed E-state index contributed by atoms with van der Waals surface area (Å²) in [4.78, 5) is 0. The third-order valence-electron chi connectivity index (χ3n) is 6.96. The largest absolute Gasteiger partial charge is 0.317 e. The highest BCUT2D eigenvalue weighted by atomic mass is 36.0. The lowest BCUT2D eigenvalue weighted by atomic mass is 9.94. The van der Waals surface area contributed by atoms with Gasteiger partial charge in [0.15, 0.2) is 0 Å². The first kappa shape index (κ1) is 47.9. The number of hydrogen-bond acceptors (Lipinski definition) is 6. The second-order valence-corrected chi connectivity index (χ2v) is 19.1. The van der Waals surface area contributed by atoms with Crippen LogP contribution < -0.4 is 18.9 Å². The van der Waals surface area contributed by atoms with Crippen molar-refractivity contribution in [2.24, 2.45) is 35.5 Å². The minimum atomic E-state index is -3.72. The Balaban J connectivity index is -0.000000564. The summed E-state index contributed by atoms with van der Waals surface area (Å²) in [6.45, 7) is 33.4. The molecule has 15 heteroatoms. The third kappa shape index (κ3) is 26.7. The topological polar surface area (TPSA) is 151 Å². The predicted octanol–water partition coefficient (Wildman–Crippen LogP) is 6.26. The molecule has 264 valence electrons. The number of nitrogens with one attached hydrogen (secondary N) is 4. The van der Waals surface area contributed by atoms with Gasteiger partial charge >= 0.3 is 8.26 Å². The van der Waals surface area contributed by atoms with Gasteiger partial charge in [0.1, 0.15) is 0 Å². The van der Waals surface area contributed by atoms with E-state index < -0.39 is 28.7 Å². The van der Waals surface area contributed by atoms with Crippen LogP contribution in [0.15, 0.2) is 38.0 Å². The van der Waals surface area contributed by atoms with E-state index in [4.69, 9.17) is 8.42 Å². The Morgan fingerprint density at radius 3 is 1.11 bits per heavy atom. The molecule has 1 aliphatic heterocycles. The maximum absolute atomic E-state index is 11.9. The van der Waals surface area contributed by atoms with E-state index in [2.05, 4.69) is 80.8 Å². The standard InChI is InChI=1S/C12H24N2O2S.C10H22N2O2S.C7H14.Cl2O2S/c1-7-11(9(3)4)13-17(15,16)14-12(8-2)10(5)6;1-7(2)9-5-6-10(8(3)4)12-15(13,14)11-9;1-5-7(4)6(2)3;1-5(2,3)4/h7-14H,1-2H2,3-6H3;7-12H,5-6H2,1-4H3;5-7H,1H2,2-4H3;. The van der Waals surface area contributed by atoms with E-state index in [-0.39, 0.29) is 36.0 Å². The lowest BCUT2D eigenvalue weighted by Crippen LogP contribution is -2.48. The fourth-order valence-corrected chi connectivity index (χ4v) is 6.59. The van der Waals surface area contributed by atoms with Crippen LogP contribution in [0.1, 0.15) is 89.0 Å². The van der Waals surface area contributed by atoms with E-state index in [0.29, 0.717) is 17.8 Å². The molecule has 0 amide bonds. The molecule has 1 aliphatic rings. The molecule has 0 saturated carbocycles. The maximum atomic E-state index is 11.9. The molecule has 4 N–H and O–H groups in total. The molecule has 0 aromatic carbocycles. The van der Waals surface area contributed by atoms with Gasteiger partial charge in [-0.05, 0) is 48.3 Å². The van der Waals surface area contributed by atoms with E-state index in [9.17, 15) is 16.8 Å². The van der Waals surface area contributed by atoms with Crippen molar-refractivity contribution in [3.05, 3.63) is 38.0 Å². The van der Waals surface area contributed by atoms with Gasteiger partial charge < -0.3 is 0 Å². The monoisotopic (exact) mass is 726 g/mol. The highest BCUT2D eigenvalue weighted by molar-refractivity contribution is 8.31. The Hall–Kier alpha value is -0.510. The summed E-state index contributed by atoms with van der Waals surface area (Å²) in [5.41, 5.74) is 0. The number of allylic oxidation sites excluding steroid dienone is 1. The minimum Gasteiger partial charge on any atom is -0.199 e. The molecule has 44 heavy (non-hydrogen) atoms. The van der Waals surface area contributed by atoms with Gasteiger partial charge in [-0.3, -0.25) is 0 Å². The van der Waals surface area contributed by atoms with E-state index in [1.165, 1.54) is 0 Å². The SMILES string of the molecule is C=CC(C)C(C)C.C=CC(NS(=O)(=O)NC(C=C)C(C)C)C(C)C.CC(C)C1CCC(C(C)C)NS(=O)(=O)N1.O=S(=O)(Cl)Cl. The van der Waals surface area contributed by atoms with Gasteiger partial charge in [0.25, 0.3) is 20.4 Å². The molecular formula is C29H60Cl2N4O6S3. The van der Waals surface area contributed by atoms with Gasteiger partial charge in [0.2, 0.25) is 0 Å². The van der Waals surface area contributed by atoms with Crippen molar-refractivity contribution in [2.45, 2.75) is 113 Å². The van der Waals surface area contributed by atoms with E-state index >= 15 is 0 Å². The van der Waals surface area contributed by atoms with Gasteiger partial charge in [-0.25, -0.2) is 0 Å². The summed E-state index contributed by atoms with van der Waals surface area (Å²) in [6, 6.07) is -0.423. The molecule has 0 bridgehead atoms. The molecule has 0 radical (unpaired) electrons. The molecule has 1 saturated heterocycles. The summed E-state index contributed by atoms with van der Waals surface area (Å²) >= 11 is 0. The second kappa shape index (κ2) is 22.9. The van der Waals surface area contributed by atoms with E-state index in [1.807, 2.05) is 61.5 Å². The van der Waals surface area contributed by atoms with Crippen molar-refractivity contribution in [1.29, 1.82) is 0 Å². The summed E-state index contributed by atoms with van der Waals surface area (Å²) in [5, 5.41) is 0. The van der Waals surface area contributed by atoms with E-state index in [0.717, 1.165) is 18.8 Å². The van der Waals surface area contributed by atoms with Gasteiger partial charge in [-0.1, -0.05) is 94.4 Å². The number of halogens is 2. The van der Waals surface area contributed by atoms with Crippen LogP contribution in [0.5, 0.6) is 0 Å². The number of hydrogen-bond donors (Lipinski definition) is 4. The molecule has 1 rings (SSSR count). The van der Waals surface area contributed by atoms with Crippen molar-refractivity contribution < 1.29 is 25.3 Å². The van der Waals surface area contributed by atoms with Gasteiger partial charge in [-0.2, -0.15) is 44.1 Å². The summed E-state index contributed by atoms with van der Waals surface area (Å²) < 4.78 is 75.9. The van der Waals surface area contributed by atoms with Crippen molar-refractivity contribution in [3.8, 4) is 0 Å². The summed E-state index contributed by atoms with van der Waals surface area (Å²) in [7, 11) is -2.03. The predicted molar refractivity (Wildman–Crippen MR) is 189 cm³/mol. The smallest absolute Gasteiger partial charge is 0.199 e. The Morgan fingerprint density at radius 1 is 0.659 bits per heavy atom. The highest BCUT2D eigenvalue weighted by Crippen LogP contribution is 2.19. The zero-order valence-corrected chi connectivity index (χ0v) is 32.4. The first-order chi connectivity index (χ1) is 19.7. The lowest BCUT2D eigenvalue weighted by molar-refractivity contribution is 0.382. The second-order valence-electron chi connectivity index (χ2n) is 12.5. The zero-order valence-electron chi connectivity index (χ0n) is 28.5. The normalized spacial score (nSPS) is 20.6. The molecule has 10 nitrogen and oxygen atoms in total. The number of rotatable bonds is 12. The molecule has 5 atom stereocenters. The average molecular weight is 728 g/mol. The Bertz CT molecular complexity index is 1080. The van der Waals surface area contributed by atoms with Crippen LogP contribution >= 0.6 is 21.4 Å². The molecule has 0 aromatic heterocycles. The molecule has 1 heterocycles. The lowest BCUT2D eigenvalue weighted by Gasteiger charge is -2.23. The Labute approximate surface area is 279 Å². The van der Waals surface area contributed by atoms with Crippen molar-refractivity contribution in [3.63, 3.8) is 0 Å². The molecule has 0 aromatic rings. The van der Waals surface area contributed by atoms with Crippen LogP contribution in [-0.4, -0.2) is 49.4 Å². The van der Waals surface area contributed by atoms with Crippen molar-refractivity contribution in [1.82, 2.24) is 18.9 Å². The first-order valence-corrected chi connectivity index (χ1v) is 20.9. The molecule has 0 spiro atoms. The molecule has 0 aliphatic carbocycles. The van der Waals surface area contributed by atoms with Crippen LogP contribution in [0.2, 0.25) is 0 Å². The van der Waals surface area contributed by atoms with E-state index in [1.54, 1.807) is 12.2 Å². The van der Waals surface area contributed by atoms with Crippen LogP contribution in [-0.2, 0) is 28.7 Å². The Kier molecular flexibility index (Phi) is 24.9. The quantitative estimate of drug-likeness (QED) is 0.138. The maximum Gasteiger partial charge on any atom is 0.317 e. The first-order valence-electron chi connectivity index (χ1n) is 14.8. The van der Waals surface area contributed by atoms with Crippen LogP contribution in [0.25, 0.3) is 0 Å². The summed E-state index contributed by atoms with van der Waals surface area (Å²) in [5.74, 6) is 2.41. The van der Waals surface area contributed by atoms with Crippen LogP contribution in [0.4, 0.5) is 0 Å². The zero-order chi connectivity index (χ0) is 35.6. The summed E-state index contributed by atoms with van der Waals surface area (Å²) in [6.07, 6.45) is 7.01. The van der Waals surface area contributed by atoms with Crippen molar-refractivity contribution >= 4 is 50.0 Å². The third-order valence-corrected chi connectivity index (χ3v) is 9.35. The van der Waals surface area contributed by atoms with Gasteiger partial charge in [0.05, 0.1) is 0 Å². The van der Waals surface area contributed by atoms with Crippen LogP contribution in [0, 0.1) is 35.5 Å². The molecule has 1 fully saturated rings. The Morgan fingerprint density at radius 2 is 0.955 bits per heavy atom. The molecule has 5 unspecified atom stereocenters. The van der Waals surface area contributed by atoms with Gasteiger partial charge in [-0.15, -0.1) is 19.7 Å². The van der Waals surface area contributed by atoms with Gasteiger partial charge in [0, 0.05) is 45.5 Å². The minimum absolute atomic E-state index is 0.0613. The van der Waals surface area contributed by atoms with Crippen LogP contribution in [0.3, 0.4) is 0 Å². The highest BCUT2D eigenvalue weighted by Gasteiger charge is 2.29. The fourth-order valence-electron chi connectivity index (χ4n) is 3.43. The average Bonchev–Trinajstić information content (AvgIpc) is 3.03. The molecular weight excluding hydrogens is 667 g/mol. The fraction of sp³-hybridized carbons (Fsp3) is 0.793.